The molecule has 0 radical (unpaired) electrons. The van der Waals surface area contributed by atoms with E-state index in [0.717, 1.165) is 25.2 Å². The molecule has 1 rings (SSSR count). The van der Waals surface area contributed by atoms with Crippen LogP contribution in [0.2, 0.25) is 10.0 Å². The van der Waals surface area contributed by atoms with Crippen LogP contribution in [0.3, 0.4) is 0 Å². The summed E-state index contributed by atoms with van der Waals surface area (Å²) in [6.07, 6.45) is -0.109. The van der Waals surface area contributed by atoms with Gasteiger partial charge in [-0.1, -0.05) is 43.1 Å². The summed E-state index contributed by atoms with van der Waals surface area (Å²) in [5.41, 5.74) is 0.863. The lowest BCUT2D eigenvalue weighted by Gasteiger charge is -2.27. The Morgan fingerprint density at radius 3 is 2.36 bits per heavy atom. The number of likely N-dealkylation sites (N-methyl/N-ethyl adjacent to an activating group) is 1. The first-order chi connectivity index (χ1) is 11.9. The van der Waals surface area contributed by atoms with E-state index in [0.29, 0.717) is 23.1 Å². The predicted octanol–water partition coefficient (Wildman–Crippen LogP) is 3.32. The van der Waals surface area contributed by atoms with Crippen LogP contribution in [-0.4, -0.2) is 59.6 Å². The fourth-order valence-electron chi connectivity index (χ4n) is 2.30. The molecule has 0 aliphatic rings. The Hall–Kier alpha value is -1.50. The second-order valence-electron chi connectivity index (χ2n) is 5.57. The maximum atomic E-state index is 12.4. The molecule has 1 aromatic rings. The highest BCUT2D eigenvalue weighted by Crippen LogP contribution is 2.23. The van der Waals surface area contributed by atoms with Crippen molar-refractivity contribution in [3.63, 3.8) is 0 Å². The molecule has 0 unspecified atom stereocenters. The van der Waals surface area contributed by atoms with Gasteiger partial charge in [-0.2, -0.15) is 0 Å². The molecule has 0 spiro atoms. The number of halogens is 2. The fraction of sp³-hybridized carbons (Fsp3) is 0.529. The first kappa shape index (κ1) is 21.5. The first-order valence-corrected chi connectivity index (χ1v) is 9.03. The van der Waals surface area contributed by atoms with Gasteiger partial charge >= 0.3 is 12.0 Å². The second kappa shape index (κ2) is 11.2. The molecule has 0 aliphatic heterocycles. The van der Waals surface area contributed by atoms with E-state index in [1.807, 2.05) is 6.07 Å². The molecule has 0 aliphatic carbocycles. The normalized spacial score (nSPS) is 10.8. The molecule has 6 nitrogen and oxygen atoms in total. The van der Waals surface area contributed by atoms with Gasteiger partial charge in [-0.05, 0) is 30.8 Å². The molecule has 0 fully saturated rings. The number of carboxylic acid groups (broad SMARTS) is 1. The van der Waals surface area contributed by atoms with E-state index >= 15 is 0 Å². The van der Waals surface area contributed by atoms with Gasteiger partial charge in [0.25, 0.3) is 0 Å². The van der Waals surface area contributed by atoms with E-state index in [9.17, 15) is 9.59 Å². The molecule has 140 valence electrons. The predicted molar refractivity (Wildman–Crippen MR) is 100 cm³/mol. The van der Waals surface area contributed by atoms with Crippen LogP contribution >= 0.6 is 23.2 Å². The third kappa shape index (κ3) is 7.94. The van der Waals surface area contributed by atoms with Gasteiger partial charge < -0.3 is 20.2 Å². The topological polar surface area (TPSA) is 72.9 Å². The Balaban J connectivity index is 2.76. The van der Waals surface area contributed by atoms with Crippen molar-refractivity contribution in [2.75, 3.05) is 32.7 Å². The van der Waals surface area contributed by atoms with E-state index in [2.05, 4.69) is 24.1 Å². The molecule has 0 bridgehead atoms. The van der Waals surface area contributed by atoms with Gasteiger partial charge in [0.2, 0.25) is 0 Å². The Morgan fingerprint density at radius 1 is 1.12 bits per heavy atom. The number of nitrogens with one attached hydrogen (secondary N) is 1. The Kier molecular flexibility index (Phi) is 9.63. The molecule has 0 heterocycles. The van der Waals surface area contributed by atoms with E-state index in [-0.39, 0.29) is 19.0 Å². The van der Waals surface area contributed by atoms with Crippen molar-refractivity contribution in [1.82, 2.24) is 15.1 Å². The average molecular weight is 390 g/mol. The van der Waals surface area contributed by atoms with Gasteiger partial charge in [-0.25, -0.2) is 4.79 Å². The number of carbonyl (C=O) groups excluding carboxylic acids is 1. The zero-order valence-electron chi connectivity index (χ0n) is 14.6. The van der Waals surface area contributed by atoms with Gasteiger partial charge in [0.15, 0.2) is 0 Å². The number of hydrogen-bond acceptors (Lipinski definition) is 3. The standard InChI is InChI=1S/C17H25Cl2N3O3/c1-3-21(4-2)9-10-22(17(25)20-8-7-16(23)24)12-13-5-6-14(18)15(19)11-13/h5-6,11H,3-4,7-10,12H2,1-2H3,(H,20,25)(H,23,24). The van der Waals surface area contributed by atoms with E-state index in [1.54, 1.807) is 17.0 Å². The third-order valence-electron chi connectivity index (χ3n) is 3.84. The van der Waals surface area contributed by atoms with Crippen molar-refractivity contribution in [1.29, 1.82) is 0 Å². The minimum absolute atomic E-state index is 0.0946. The Labute approximate surface area is 158 Å². The van der Waals surface area contributed by atoms with Crippen LogP contribution in [0, 0.1) is 0 Å². The van der Waals surface area contributed by atoms with Crippen LogP contribution < -0.4 is 5.32 Å². The SMILES string of the molecule is CCN(CC)CCN(Cc1ccc(Cl)c(Cl)c1)C(=O)NCCC(=O)O. The highest BCUT2D eigenvalue weighted by atomic mass is 35.5. The maximum absolute atomic E-state index is 12.4. The van der Waals surface area contributed by atoms with E-state index in [1.165, 1.54) is 0 Å². The summed E-state index contributed by atoms with van der Waals surface area (Å²) in [7, 11) is 0. The van der Waals surface area contributed by atoms with Crippen LogP contribution in [0.5, 0.6) is 0 Å². The summed E-state index contributed by atoms with van der Waals surface area (Å²) in [4.78, 5) is 26.9. The number of rotatable bonds is 10. The first-order valence-electron chi connectivity index (χ1n) is 8.28. The molecule has 0 saturated carbocycles. The molecule has 2 N–H and O–H groups in total. The summed E-state index contributed by atoms with van der Waals surface area (Å²) >= 11 is 12.0. The molecule has 25 heavy (non-hydrogen) atoms. The quantitative estimate of drug-likeness (QED) is 0.643. The Morgan fingerprint density at radius 2 is 1.80 bits per heavy atom. The van der Waals surface area contributed by atoms with Gasteiger partial charge in [0.1, 0.15) is 0 Å². The van der Waals surface area contributed by atoms with Crippen molar-refractivity contribution in [3.8, 4) is 0 Å². The van der Waals surface area contributed by atoms with Crippen molar-refractivity contribution >= 4 is 35.2 Å². The summed E-state index contributed by atoms with van der Waals surface area (Å²) in [5.74, 6) is -0.945. The Bertz CT molecular complexity index is 580. The molecular formula is C17H25Cl2N3O3. The number of aliphatic carboxylic acids is 1. The van der Waals surface area contributed by atoms with Gasteiger partial charge in [-0.3, -0.25) is 4.79 Å². The van der Waals surface area contributed by atoms with Gasteiger partial charge in [-0.15, -0.1) is 0 Å². The van der Waals surface area contributed by atoms with Crippen LogP contribution in [0.1, 0.15) is 25.8 Å². The number of nitrogens with zero attached hydrogens (tertiary/aromatic N) is 2. The van der Waals surface area contributed by atoms with Crippen molar-refractivity contribution < 1.29 is 14.7 Å². The molecule has 0 saturated heterocycles. The molecule has 0 atom stereocenters. The largest absolute Gasteiger partial charge is 0.481 e. The smallest absolute Gasteiger partial charge is 0.317 e. The third-order valence-corrected chi connectivity index (χ3v) is 4.58. The number of benzene rings is 1. The molecule has 1 aromatic carbocycles. The zero-order valence-corrected chi connectivity index (χ0v) is 16.1. The van der Waals surface area contributed by atoms with E-state index < -0.39 is 5.97 Å². The van der Waals surface area contributed by atoms with Crippen molar-refractivity contribution in [2.24, 2.45) is 0 Å². The minimum Gasteiger partial charge on any atom is -0.481 e. The number of amides is 2. The highest BCUT2D eigenvalue weighted by Gasteiger charge is 2.15. The maximum Gasteiger partial charge on any atom is 0.317 e. The highest BCUT2D eigenvalue weighted by molar-refractivity contribution is 6.42. The van der Waals surface area contributed by atoms with Gasteiger partial charge in [0, 0.05) is 26.2 Å². The lowest BCUT2D eigenvalue weighted by atomic mass is 10.2. The number of urea groups is 1. The van der Waals surface area contributed by atoms with Crippen molar-refractivity contribution in [3.05, 3.63) is 33.8 Å². The zero-order chi connectivity index (χ0) is 18.8. The van der Waals surface area contributed by atoms with Crippen LogP contribution in [0.25, 0.3) is 0 Å². The summed E-state index contributed by atoms with van der Waals surface area (Å²) in [5, 5.41) is 12.2. The lowest BCUT2D eigenvalue weighted by molar-refractivity contribution is -0.136. The van der Waals surface area contributed by atoms with Crippen LogP contribution in [0.15, 0.2) is 18.2 Å². The number of carboxylic acids is 1. The monoisotopic (exact) mass is 389 g/mol. The summed E-state index contributed by atoms with van der Waals surface area (Å²) in [6, 6.07) is 4.96. The second-order valence-corrected chi connectivity index (χ2v) is 6.39. The average Bonchev–Trinajstić information content (AvgIpc) is 2.57. The number of hydrogen-bond donors (Lipinski definition) is 2. The van der Waals surface area contributed by atoms with Gasteiger partial charge in [0.05, 0.1) is 16.5 Å². The fourth-order valence-corrected chi connectivity index (χ4v) is 2.62. The molecule has 8 heteroatoms. The summed E-state index contributed by atoms with van der Waals surface area (Å²) in [6.45, 7) is 7.67. The molecule has 2 amide bonds. The molecular weight excluding hydrogens is 365 g/mol. The molecule has 0 aromatic heterocycles. The minimum atomic E-state index is -0.945. The lowest BCUT2D eigenvalue weighted by Crippen LogP contribution is -2.44. The van der Waals surface area contributed by atoms with Crippen molar-refractivity contribution in [2.45, 2.75) is 26.8 Å². The summed E-state index contributed by atoms with van der Waals surface area (Å²) < 4.78 is 0. The van der Waals surface area contributed by atoms with E-state index in [4.69, 9.17) is 28.3 Å². The van der Waals surface area contributed by atoms with Crippen LogP contribution in [-0.2, 0) is 11.3 Å². The van der Waals surface area contributed by atoms with Crippen LogP contribution in [0.4, 0.5) is 4.79 Å². The number of carbonyl (C=O) groups is 2.